The number of unbranched alkanes of at least 4 members (excludes halogenated alkanes) is 1. The number of rotatable bonds is 11. The second-order valence-electron chi connectivity index (χ2n) is 18.3. The van der Waals surface area contributed by atoms with Crippen molar-refractivity contribution < 1.29 is 44.5 Å². The van der Waals surface area contributed by atoms with Crippen molar-refractivity contribution in [2.75, 3.05) is 13.2 Å². The summed E-state index contributed by atoms with van der Waals surface area (Å²) in [5.41, 5.74) is -1.96. The summed E-state index contributed by atoms with van der Waals surface area (Å²) in [7, 11) is 0. The Morgan fingerprint density at radius 3 is 2.39 bits per heavy atom. The summed E-state index contributed by atoms with van der Waals surface area (Å²) in [6, 6.07) is 0. The van der Waals surface area contributed by atoms with Gasteiger partial charge in [0.2, 0.25) is 0 Å². The number of fused-ring (bicyclic) bond motifs is 2. The molecule has 2 heterocycles. The van der Waals surface area contributed by atoms with E-state index in [2.05, 4.69) is 59.8 Å². The molecule has 0 aromatic rings. The summed E-state index contributed by atoms with van der Waals surface area (Å²) in [5.74, 6) is 1.62. The van der Waals surface area contributed by atoms with Crippen molar-refractivity contribution in [3.63, 3.8) is 0 Å². The van der Waals surface area contributed by atoms with Crippen LogP contribution >= 0.6 is 0 Å². The average molecular weight is 691 g/mol. The van der Waals surface area contributed by atoms with Crippen molar-refractivity contribution >= 4 is 0 Å². The molecule has 15 atom stereocenters. The van der Waals surface area contributed by atoms with E-state index in [-0.39, 0.29) is 34.6 Å². The normalized spacial score (nSPS) is 49.5. The Hall–Kier alpha value is -0.880. The number of aliphatic hydroxyl groups is 5. The molecule has 5 N–H and O–H groups in total. The van der Waals surface area contributed by atoms with Crippen molar-refractivity contribution in [2.45, 2.75) is 167 Å². The minimum Gasteiger partial charge on any atom is -0.394 e. The van der Waals surface area contributed by atoms with Crippen LogP contribution in [0.4, 0.5) is 0 Å². The molecule has 2 bridgehead atoms. The van der Waals surface area contributed by atoms with Gasteiger partial charge in [0.1, 0.15) is 30.0 Å². The Morgan fingerprint density at radius 2 is 1.71 bits per heavy atom. The van der Waals surface area contributed by atoms with Gasteiger partial charge in [-0.25, -0.2) is 0 Å². The van der Waals surface area contributed by atoms with Gasteiger partial charge in [0, 0.05) is 23.4 Å². The lowest BCUT2D eigenvalue weighted by Gasteiger charge is -2.65. The van der Waals surface area contributed by atoms with Crippen molar-refractivity contribution in [1.29, 1.82) is 0 Å². The second kappa shape index (κ2) is 13.2. The first-order valence-corrected chi connectivity index (χ1v) is 19.3. The maximum atomic E-state index is 10.9. The molecule has 5 fully saturated rings. The molecule has 3 saturated carbocycles. The highest BCUT2D eigenvalue weighted by atomic mass is 16.7. The summed E-state index contributed by atoms with van der Waals surface area (Å²) >= 11 is 0. The fourth-order valence-corrected chi connectivity index (χ4v) is 12.0. The van der Waals surface area contributed by atoms with Crippen LogP contribution in [0.15, 0.2) is 24.3 Å². The lowest BCUT2D eigenvalue weighted by Crippen LogP contribution is -2.66. The topological polar surface area (TPSA) is 138 Å². The van der Waals surface area contributed by atoms with E-state index in [1.165, 1.54) is 6.42 Å². The minimum atomic E-state index is -1.49. The lowest BCUT2D eigenvalue weighted by atomic mass is 9.38. The Balaban J connectivity index is 1.32. The highest BCUT2D eigenvalue weighted by Gasteiger charge is 2.79. The molecule has 0 radical (unpaired) electrons. The van der Waals surface area contributed by atoms with Crippen LogP contribution in [0.1, 0.15) is 113 Å². The van der Waals surface area contributed by atoms with Crippen LogP contribution in [-0.2, 0) is 18.9 Å². The standard InChI is InChI=1S/C40H66O9/c1-9-10-22-46-34-39-21-20-37(7)25(24(2)12-11-17-35(3,4)45)15-18-38(37,8)27(39)16-19-40(49-34)28(39)13-14-29(36(40,5)6)48-33-32(44)31(43)30(42)26(23-41)47-33/h11,16-17,19,24-34,41-45H,9-10,12-15,18,20-23H2,1-8H3/t24-,25-,26-,27+,28+,29+,30-,31+,32-,33+,34-,37-,38+,39+,40-/m1/s1. The maximum Gasteiger partial charge on any atom is 0.186 e. The number of hydrogen-bond donors (Lipinski definition) is 5. The van der Waals surface area contributed by atoms with E-state index in [1.54, 1.807) is 0 Å². The molecule has 2 aliphatic heterocycles. The molecule has 0 aromatic heterocycles. The molecule has 49 heavy (non-hydrogen) atoms. The molecule has 1 spiro atoms. The van der Waals surface area contributed by atoms with Crippen LogP contribution in [-0.4, -0.2) is 93.0 Å². The molecule has 0 aromatic carbocycles. The van der Waals surface area contributed by atoms with E-state index in [4.69, 9.17) is 18.9 Å². The summed E-state index contributed by atoms with van der Waals surface area (Å²) in [5, 5.41) is 51.8. The third kappa shape index (κ3) is 5.67. The van der Waals surface area contributed by atoms with Crippen LogP contribution in [0.5, 0.6) is 0 Å². The molecule has 9 nitrogen and oxygen atoms in total. The molecule has 280 valence electrons. The van der Waals surface area contributed by atoms with Crippen LogP contribution in [0, 0.1) is 45.3 Å². The quantitative estimate of drug-likeness (QED) is 0.145. The zero-order chi connectivity index (χ0) is 35.8. The number of hydrogen-bond acceptors (Lipinski definition) is 9. The number of allylic oxidation sites excluding steroid dienone is 2. The van der Waals surface area contributed by atoms with Gasteiger partial charge in [0.25, 0.3) is 0 Å². The van der Waals surface area contributed by atoms with Crippen LogP contribution in [0.25, 0.3) is 0 Å². The van der Waals surface area contributed by atoms with Gasteiger partial charge in [-0.05, 0) is 93.8 Å². The number of ether oxygens (including phenoxy) is 4. The first kappa shape index (κ1) is 37.9. The van der Waals surface area contributed by atoms with E-state index in [0.717, 1.165) is 51.4 Å². The van der Waals surface area contributed by atoms with Gasteiger partial charge in [-0.3, -0.25) is 0 Å². The van der Waals surface area contributed by atoms with Gasteiger partial charge < -0.3 is 44.5 Å². The van der Waals surface area contributed by atoms with Crippen LogP contribution < -0.4 is 0 Å². The van der Waals surface area contributed by atoms with Gasteiger partial charge in [-0.2, -0.15) is 0 Å². The molecule has 0 unspecified atom stereocenters. The van der Waals surface area contributed by atoms with Gasteiger partial charge in [0.15, 0.2) is 12.6 Å². The third-order valence-electron chi connectivity index (χ3n) is 15.0. The van der Waals surface area contributed by atoms with E-state index < -0.39 is 53.9 Å². The van der Waals surface area contributed by atoms with Crippen molar-refractivity contribution in [3.05, 3.63) is 24.3 Å². The zero-order valence-corrected chi connectivity index (χ0v) is 31.3. The second-order valence-corrected chi connectivity index (χ2v) is 18.3. The Bertz CT molecular complexity index is 1240. The monoisotopic (exact) mass is 690 g/mol. The maximum absolute atomic E-state index is 10.9. The van der Waals surface area contributed by atoms with Crippen LogP contribution in [0.2, 0.25) is 0 Å². The largest absolute Gasteiger partial charge is 0.394 e. The van der Waals surface area contributed by atoms with Gasteiger partial charge in [-0.1, -0.05) is 72.3 Å². The first-order chi connectivity index (χ1) is 22.9. The Labute approximate surface area is 294 Å². The van der Waals surface area contributed by atoms with E-state index in [9.17, 15) is 25.5 Å². The smallest absolute Gasteiger partial charge is 0.186 e. The number of aliphatic hydroxyl groups excluding tert-OH is 4. The fourth-order valence-electron chi connectivity index (χ4n) is 12.0. The SMILES string of the molecule is CCCCO[C@@H]1O[C@]23C=C[C@@H]4[C@@]1(CC[C@]1(C)[C@@H]([C@H](C)CC=CC(C)(C)O)CC[C@@]41C)[C@@H]2CC[C@H](O[C@@H]1O[C@H](CO)[C@@H](O)[C@H](O)[C@H]1O)C3(C)C. The molecule has 6 aliphatic rings. The lowest BCUT2D eigenvalue weighted by molar-refractivity contribution is -0.331. The molecule has 4 aliphatic carbocycles. The summed E-state index contributed by atoms with van der Waals surface area (Å²) in [6.45, 7) is 17.9. The molecule has 6 rings (SSSR count). The summed E-state index contributed by atoms with van der Waals surface area (Å²) < 4.78 is 26.6. The van der Waals surface area contributed by atoms with Gasteiger partial charge >= 0.3 is 0 Å². The van der Waals surface area contributed by atoms with E-state index in [0.29, 0.717) is 24.4 Å². The van der Waals surface area contributed by atoms with Crippen LogP contribution in [0.3, 0.4) is 0 Å². The summed E-state index contributed by atoms with van der Waals surface area (Å²) in [4.78, 5) is 0. The van der Waals surface area contributed by atoms with Crippen molar-refractivity contribution in [2.24, 2.45) is 45.3 Å². The minimum absolute atomic E-state index is 0.0701. The molecule has 0 amide bonds. The van der Waals surface area contributed by atoms with E-state index >= 15 is 0 Å². The first-order valence-electron chi connectivity index (χ1n) is 19.3. The Kier molecular flexibility index (Phi) is 10.2. The highest BCUT2D eigenvalue weighted by molar-refractivity contribution is 5.34. The predicted octanol–water partition coefficient (Wildman–Crippen LogP) is 5.26. The van der Waals surface area contributed by atoms with Crippen molar-refractivity contribution in [3.8, 4) is 0 Å². The average Bonchev–Trinajstić information content (AvgIpc) is 3.41. The van der Waals surface area contributed by atoms with Crippen molar-refractivity contribution in [1.82, 2.24) is 0 Å². The third-order valence-corrected chi connectivity index (χ3v) is 15.0. The van der Waals surface area contributed by atoms with E-state index in [1.807, 2.05) is 19.9 Å². The molecule has 9 heteroatoms. The predicted molar refractivity (Wildman–Crippen MR) is 186 cm³/mol. The van der Waals surface area contributed by atoms with Gasteiger partial charge in [-0.15, -0.1) is 0 Å². The Morgan fingerprint density at radius 1 is 0.980 bits per heavy atom. The zero-order valence-electron chi connectivity index (χ0n) is 31.3. The summed E-state index contributed by atoms with van der Waals surface area (Å²) in [6.07, 6.45) is 10.8. The van der Waals surface area contributed by atoms with Gasteiger partial charge in [0.05, 0.1) is 18.3 Å². The fraction of sp³-hybridized carbons (Fsp3) is 0.900. The molecular weight excluding hydrogens is 624 g/mol. The molecular formula is C40H66O9. The molecule has 2 saturated heterocycles. The highest BCUT2D eigenvalue weighted by Crippen LogP contribution is 2.79.